The normalized spacial score (nSPS) is 11.1. The Balaban J connectivity index is 1.87. The van der Waals surface area contributed by atoms with Gasteiger partial charge >= 0.3 is 6.18 Å². The van der Waals surface area contributed by atoms with E-state index < -0.39 is 45.8 Å². The number of halogens is 5. The SMILES string of the molecule is O=C([O-])COc1ccc(Nc2cc(Oc3c(F)cc(C(F)(F)F)cc3Cl)ccc2[N+](=O)[O-])cc1. The van der Waals surface area contributed by atoms with Crippen molar-refractivity contribution in [3.8, 4) is 17.2 Å². The molecule has 0 aliphatic rings. The number of hydrogen-bond donors (Lipinski definition) is 1. The standard InChI is InChI=1S/C21H13ClF4N2O6/c22-15-7-11(21(24,25)26)8-16(23)20(15)34-14-5-6-18(28(31)32)17(9-14)27-12-1-3-13(4-2-12)33-10-19(29)30/h1-9,27H,10H2,(H,29,30)/p-1. The predicted octanol–water partition coefficient (Wildman–Crippen LogP) is 5.07. The number of carbonyl (C=O) groups excluding carboxylic acids is 1. The van der Waals surface area contributed by atoms with Crippen LogP contribution < -0.4 is 19.9 Å². The van der Waals surface area contributed by atoms with E-state index in [1.54, 1.807) is 0 Å². The van der Waals surface area contributed by atoms with Gasteiger partial charge < -0.3 is 24.7 Å². The number of alkyl halides is 3. The Kier molecular flexibility index (Phi) is 7.11. The fraction of sp³-hybridized carbons (Fsp3) is 0.0952. The van der Waals surface area contributed by atoms with Gasteiger partial charge in [-0.15, -0.1) is 0 Å². The van der Waals surface area contributed by atoms with Crippen molar-refractivity contribution in [3.63, 3.8) is 0 Å². The summed E-state index contributed by atoms with van der Waals surface area (Å²) < 4.78 is 62.9. The van der Waals surface area contributed by atoms with Gasteiger partial charge in [0, 0.05) is 17.8 Å². The second-order valence-electron chi connectivity index (χ2n) is 6.61. The minimum atomic E-state index is -4.82. The summed E-state index contributed by atoms with van der Waals surface area (Å²) in [7, 11) is 0. The first-order valence-corrected chi connectivity index (χ1v) is 9.54. The Morgan fingerprint density at radius 2 is 1.71 bits per heavy atom. The third-order valence-electron chi connectivity index (χ3n) is 4.20. The largest absolute Gasteiger partial charge is 0.546 e. The molecule has 0 heterocycles. The first-order chi connectivity index (χ1) is 15.9. The summed E-state index contributed by atoms with van der Waals surface area (Å²) in [4.78, 5) is 21.1. The maximum atomic E-state index is 14.2. The maximum Gasteiger partial charge on any atom is 0.416 e. The number of nitro groups is 1. The van der Waals surface area contributed by atoms with Gasteiger partial charge in [0.15, 0.2) is 11.6 Å². The van der Waals surface area contributed by atoms with E-state index >= 15 is 0 Å². The van der Waals surface area contributed by atoms with Crippen LogP contribution in [0, 0.1) is 15.9 Å². The number of nitrogens with zero attached hydrogens (tertiary/aromatic N) is 1. The minimum absolute atomic E-state index is 0.0886. The molecule has 0 fully saturated rings. The summed E-state index contributed by atoms with van der Waals surface area (Å²) in [5.74, 6) is -3.43. The number of aliphatic carboxylic acids is 1. The molecule has 13 heteroatoms. The number of nitro benzene ring substituents is 1. The number of carboxylic acids is 1. The van der Waals surface area contributed by atoms with Gasteiger partial charge in [-0.2, -0.15) is 13.2 Å². The number of nitrogens with one attached hydrogen (secondary N) is 1. The monoisotopic (exact) mass is 499 g/mol. The van der Waals surface area contributed by atoms with Crippen molar-refractivity contribution in [1.82, 2.24) is 0 Å². The van der Waals surface area contributed by atoms with Gasteiger partial charge in [-0.3, -0.25) is 10.1 Å². The minimum Gasteiger partial charge on any atom is -0.546 e. The number of ether oxygens (including phenoxy) is 2. The van der Waals surface area contributed by atoms with Crippen LogP contribution in [0.1, 0.15) is 5.56 Å². The molecule has 0 aliphatic carbocycles. The average Bonchev–Trinajstić information content (AvgIpc) is 2.75. The van der Waals surface area contributed by atoms with Crippen LogP contribution in [-0.2, 0) is 11.0 Å². The van der Waals surface area contributed by atoms with Crippen molar-refractivity contribution in [2.45, 2.75) is 6.18 Å². The number of carbonyl (C=O) groups is 1. The summed E-state index contributed by atoms with van der Waals surface area (Å²) in [6, 6.07) is 9.68. The van der Waals surface area contributed by atoms with Crippen LogP contribution in [0.4, 0.5) is 34.6 Å². The van der Waals surface area contributed by atoms with Crippen molar-refractivity contribution in [1.29, 1.82) is 0 Å². The molecular formula is C21H12ClF4N2O6-. The molecular weight excluding hydrogens is 488 g/mol. The van der Waals surface area contributed by atoms with Crippen LogP contribution in [0.2, 0.25) is 5.02 Å². The highest BCUT2D eigenvalue weighted by molar-refractivity contribution is 6.32. The second-order valence-corrected chi connectivity index (χ2v) is 7.02. The third kappa shape index (κ3) is 6.04. The van der Waals surface area contributed by atoms with E-state index in [4.69, 9.17) is 21.1 Å². The van der Waals surface area contributed by atoms with Crippen molar-refractivity contribution >= 4 is 34.6 Å². The van der Waals surface area contributed by atoms with Crippen LogP contribution in [0.3, 0.4) is 0 Å². The fourth-order valence-electron chi connectivity index (χ4n) is 2.71. The molecule has 0 aromatic heterocycles. The Bertz CT molecular complexity index is 1210. The van der Waals surface area contributed by atoms with E-state index in [9.17, 15) is 37.6 Å². The molecule has 3 aromatic carbocycles. The Morgan fingerprint density at radius 3 is 2.26 bits per heavy atom. The summed E-state index contributed by atoms with van der Waals surface area (Å²) in [6.45, 7) is -0.666. The third-order valence-corrected chi connectivity index (χ3v) is 4.48. The zero-order valence-corrected chi connectivity index (χ0v) is 17.4. The molecule has 0 bridgehead atoms. The van der Waals surface area contributed by atoms with Crippen molar-refractivity contribution in [2.75, 3.05) is 11.9 Å². The van der Waals surface area contributed by atoms with Crippen LogP contribution in [0.5, 0.6) is 17.2 Å². The smallest absolute Gasteiger partial charge is 0.416 e. The molecule has 0 radical (unpaired) electrons. The number of anilines is 2. The van der Waals surface area contributed by atoms with Gasteiger partial charge in [0.25, 0.3) is 5.69 Å². The highest BCUT2D eigenvalue weighted by Gasteiger charge is 2.32. The molecule has 0 unspecified atom stereocenters. The van der Waals surface area contributed by atoms with Gasteiger partial charge in [0.05, 0.1) is 21.5 Å². The van der Waals surface area contributed by atoms with Crippen molar-refractivity contribution in [3.05, 3.63) is 81.1 Å². The predicted molar refractivity (Wildman–Crippen MR) is 110 cm³/mol. The first-order valence-electron chi connectivity index (χ1n) is 9.16. The molecule has 3 aromatic rings. The molecule has 0 saturated carbocycles. The van der Waals surface area contributed by atoms with Crippen LogP contribution >= 0.6 is 11.6 Å². The lowest BCUT2D eigenvalue weighted by Gasteiger charge is -2.14. The summed E-state index contributed by atoms with van der Waals surface area (Å²) in [6.07, 6.45) is -4.82. The molecule has 3 rings (SSSR count). The quantitative estimate of drug-likeness (QED) is 0.261. The van der Waals surface area contributed by atoms with Crippen LogP contribution in [0.25, 0.3) is 0 Å². The Morgan fingerprint density at radius 1 is 1.06 bits per heavy atom. The van der Waals surface area contributed by atoms with Crippen molar-refractivity contribution in [2.24, 2.45) is 0 Å². The summed E-state index contributed by atoms with van der Waals surface area (Å²) in [5, 5.41) is 23.9. The fourth-order valence-corrected chi connectivity index (χ4v) is 2.96. The van der Waals surface area contributed by atoms with Gasteiger partial charge in [0.2, 0.25) is 0 Å². The maximum absolute atomic E-state index is 14.2. The molecule has 8 nitrogen and oxygen atoms in total. The van der Waals surface area contributed by atoms with Gasteiger partial charge in [-0.05, 0) is 42.5 Å². The van der Waals surface area contributed by atoms with Gasteiger partial charge in [-0.25, -0.2) is 4.39 Å². The van der Waals surface area contributed by atoms with E-state index in [0.29, 0.717) is 11.8 Å². The van der Waals surface area contributed by atoms with Gasteiger partial charge in [0.1, 0.15) is 23.8 Å². The number of rotatable bonds is 8. The lowest BCUT2D eigenvalue weighted by atomic mass is 10.2. The number of hydrogen-bond acceptors (Lipinski definition) is 7. The zero-order valence-electron chi connectivity index (χ0n) is 16.7. The highest BCUT2D eigenvalue weighted by atomic mass is 35.5. The van der Waals surface area contributed by atoms with Crippen LogP contribution in [-0.4, -0.2) is 17.5 Å². The first kappa shape index (κ1) is 24.6. The molecule has 0 spiro atoms. The second kappa shape index (κ2) is 9.83. The zero-order chi connectivity index (χ0) is 25.0. The topological polar surface area (TPSA) is 114 Å². The van der Waals surface area contributed by atoms with E-state index in [1.807, 2.05) is 0 Å². The lowest BCUT2D eigenvalue weighted by Crippen LogP contribution is -2.28. The van der Waals surface area contributed by atoms with E-state index in [-0.39, 0.29) is 28.9 Å². The molecule has 0 aliphatic heterocycles. The Labute approximate surface area is 193 Å². The highest BCUT2D eigenvalue weighted by Crippen LogP contribution is 2.40. The molecule has 34 heavy (non-hydrogen) atoms. The van der Waals surface area contributed by atoms with E-state index in [0.717, 1.165) is 18.2 Å². The Hall–Kier alpha value is -4.06. The van der Waals surface area contributed by atoms with E-state index in [2.05, 4.69) is 5.32 Å². The molecule has 0 amide bonds. The number of benzene rings is 3. The van der Waals surface area contributed by atoms with Crippen LogP contribution in [0.15, 0.2) is 54.6 Å². The lowest BCUT2D eigenvalue weighted by molar-refractivity contribution is -0.383. The number of carboxylic acid groups (broad SMARTS) is 1. The summed E-state index contributed by atoms with van der Waals surface area (Å²) >= 11 is 5.76. The average molecular weight is 500 g/mol. The van der Waals surface area contributed by atoms with Crippen molar-refractivity contribution < 1.29 is 41.9 Å². The molecule has 0 saturated heterocycles. The van der Waals surface area contributed by atoms with E-state index in [1.165, 1.54) is 24.3 Å². The summed E-state index contributed by atoms with van der Waals surface area (Å²) in [5.41, 5.74) is -1.45. The molecule has 178 valence electrons. The molecule has 1 N–H and O–H groups in total. The van der Waals surface area contributed by atoms with Gasteiger partial charge in [-0.1, -0.05) is 11.6 Å². The molecule has 0 atom stereocenters.